The number of hydrogen-bond acceptors (Lipinski definition) is 4. The van der Waals surface area contributed by atoms with Crippen molar-refractivity contribution < 1.29 is 23.4 Å². The summed E-state index contributed by atoms with van der Waals surface area (Å²) in [4.78, 5) is 10.4. The standard InChI is InChI=1S/C12H13NO5S/c1-3-4-7-13(2)19(17,18)11-8-9(12(15)16)5-6-10(11)14/h5-6,8,14H,7H2,1-2H3,(H,15,16). The summed E-state index contributed by atoms with van der Waals surface area (Å²) in [7, 11) is -2.68. The fourth-order valence-corrected chi connectivity index (χ4v) is 2.48. The van der Waals surface area contributed by atoms with Crippen molar-refractivity contribution in [3.05, 3.63) is 23.8 Å². The molecule has 0 aliphatic carbocycles. The van der Waals surface area contributed by atoms with Crippen molar-refractivity contribution >= 4 is 16.0 Å². The fourth-order valence-electron chi connectivity index (χ4n) is 1.30. The zero-order chi connectivity index (χ0) is 14.6. The van der Waals surface area contributed by atoms with Gasteiger partial charge in [0.15, 0.2) is 0 Å². The molecule has 0 spiro atoms. The van der Waals surface area contributed by atoms with Crippen LogP contribution < -0.4 is 0 Å². The molecule has 0 amide bonds. The molecule has 0 atom stereocenters. The van der Waals surface area contributed by atoms with Gasteiger partial charge in [0.2, 0.25) is 10.0 Å². The number of carboxylic acid groups (broad SMARTS) is 1. The van der Waals surface area contributed by atoms with Crippen LogP contribution >= 0.6 is 0 Å². The molecule has 102 valence electrons. The topological polar surface area (TPSA) is 94.9 Å². The Balaban J connectivity index is 3.30. The van der Waals surface area contributed by atoms with E-state index in [2.05, 4.69) is 11.8 Å². The van der Waals surface area contributed by atoms with Crippen molar-refractivity contribution in [2.45, 2.75) is 11.8 Å². The molecule has 1 rings (SSSR count). The lowest BCUT2D eigenvalue weighted by Gasteiger charge is -2.15. The third-order valence-corrected chi connectivity index (χ3v) is 4.21. The molecule has 6 nitrogen and oxygen atoms in total. The van der Waals surface area contributed by atoms with E-state index in [0.29, 0.717) is 0 Å². The first-order valence-electron chi connectivity index (χ1n) is 5.23. The molecule has 0 aliphatic rings. The second-order valence-electron chi connectivity index (χ2n) is 3.68. The summed E-state index contributed by atoms with van der Waals surface area (Å²) in [6.45, 7) is 1.53. The van der Waals surface area contributed by atoms with Crippen LogP contribution in [-0.4, -0.2) is 42.5 Å². The predicted octanol–water partition coefficient (Wildman–Crippen LogP) is 0.734. The first kappa shape index (κ1) is 15.0. The van der Waals surface area contributed by atoms with Crippen LogP contribution in [0, 0.1) is 11.8 Å². The van der Waals surface area contributed by atoms with E-state index in [1.54, 1.807) is 6.92 Å². The van der Waals surface area contributed by atoms with Crippen LogP contribution in [0.5, 0.6) is 5.75 Å². The number of nitrogens with zero attached hydrogens (tertiary/aromatic N) is 1. The molecule has 1 aromatic rings. The van der Waals surface area contributed by atoms with Gasteiger partial charge in [0, 0.05) is 7.05 Å². The monoisotopic (exact) mass is 283 g/mol. The number of rotatable bonds is 4. The lowest BCUT2D eigenvalue weighted by Crippen LogP contribution is -2.27. The van der Waals surface area contributed by atoms with Crippen LogP contribution in [0.2, 0.25) is 0 Å². The molecule has 0 fully saturated rings. The zero-order valence-corrected chi connectivity index (χ0v) is 11.2. The number of phenols is 1. The molecule has 19 heavy (non-hydrogen) atoms. The van der Waals surface area contributed by atoms with E-state index in [-0.39, 0.29) is 12.1 Å². The third-order valence-electron chi connectivity index (χ3n) is 2.37. The number of benzene rings is 1. The van der Waals surface area contributed by atoms with Crippen molar-refractivity contribution in [2.75, 3.05) is 13.6 Å². The maximum Gasteiger partial charge on any atom is 0.335 e. The normalized spacial score (nSPS) is 10.9. The quantitative estimate of drug-likeness (QED) is 0.794. The van der Waals surface area contributed by atoms with Gasteiger partial charge in [0.1, 0.15) is 10.6 Å². The summed E-state index contributed by atoms with van der Waals surface area (Å²) in [6.07, 6.45) is 0. The van der Waals surface area contributed by atoms with E-state index in [0.717, 1.165) is 22.5 Å². The molecule has 2 N–H and O–H groups in total. The van der Waals surface area contributed by atoms with E-state index < -0.39 is 26.6 Å². The second kappa shape index (κ2) is 5.73. The molecule has 7 heteroatoms. The molecule has 1 aromatic carbocycles. The minimum absolute atomic E-state index is 0.0461. The second-order valence-corrected chi connectivity index (χ2v) is 5.69. The lowest BCUT2D eigenvalue weighted by atomic mass is 10.2. The Bertz CT molecular complexity index is 654. The van der Waals surface area contributed by atoms with Gasteiger partial charge in [-0.25, -0.2) is 13.2 Å². The number of carboxylic acids is 1. The van der Waals surface area contributed by atoms with Crippen molar-refractivity contribution in [3.8, 4) is 17.6 Å². The molecular formula is C12H13NO5S. The van der Waals surface area contributed by atoms with E-state index in [1.165, 1.54) is 7.05 Å². The highest BCUT2D eigenvalue weighted by atomic mass is 32.2. The Labute approximate surface area is 111 Å². The number of phenolic OH excluding ortho intramolecular Hbond substituents is 1. The Kier molecular flexibility index (Phi) is 4.53. The van der Waals surface area contributed by atoms with Crippen molar-refractivity contribution in [2.24, 2.45) is 0 Å². The number of aromatic carboxylic acids is 1. The number of aromatic hydroxyl groups is 1. The van der Waals surface area contributed by atoms with Gasteiger partial charge in [0.05, 0.1) is 12.1 Å². The van der Waals surface area contributed by atoms with E-state index in [9.17, 15) is 18.3 Å². The molecule has 0 aromatic heterocycles. The zero-order valence-electron chi connectivity index (χ0n) is 10.4. The molecule has 0 saturated heterocycles. The average molecular weight is 283 g/mol. The predicted molar refractivity (Wildman–Crippen MR) is 68.3 cm³/mol. The van der Waals surface area contributed by atoms with Gasteiger partial charge in [-0.05, 0) is 25.1 Å². The van der Waals surface area contributed by atoms with Crippen LogP contribution in [0.3, 0.4) is 0 Å². The number of carbonyl (C=O) groups is 1. The Morgan fingerprint density at radius 1 is 1.42 bits per heavy atom. The maximum absolute atomic E-state index is 12.1. The summed E-state index contributed by atoms with van der Waals surface area (Å²) in [5.74, 6) is 3.36. The first-order valence-corrected chi connectivity index (χ1v) is 6.67. The van der Waals surface area contributed by atoms with Gasteiger partial charge in [-0.1, -0.05) is 5.92 Å². The molecule has 0 heterocycles. The summed E-state index contributed by atoms with van der Waals surface area (Å²) in [5, 5.41) is 18.4. The van der Waals surface area contributed by atoms with Gasteiger partial charge in [-0.3, -0.25) is 0 Å². The minimum Gasteiger partial charge on any atom is -0.507 e. The summed E-state index contributed by atoms with van der Waals surface area (Å²) in [5.41, 5.74) is -0.216. The van der Waals surface area contributed by atoms with E-state index >= 15 is 0 Å². The Hall–Kier alpha value is -2.04. The van der Waals surface area contributed by atoms with Crippen LogP contribution in [0.15, 0.2) is 23.1 Å². The van der Waals surface area contributed by atoms with E-state index in [1.807, 2.05) is 0 Å². The van der Waals surface area contributed by atoms with Crippen molar-refractivity contribution in [1.82, 2.24) is 4.31 Å². The fraction of sp³-hybridized carbons (Fsp3) is 0.250. The van der Waals surface area contributed by atoms with Crippen molar-refractivity contribution in [1.29, 1.82) is 0 Å². The highest BCUT2D eigenvalue weighted by Crippen LogP contribution is 2.26. The molecule has 0 unspecified atom stereocenters. The molecule has 0 radical (unpaired) electrons. The molecular weight excluding hydrogens is 270 g/mol. The van der Waals surface area contributed by atoms with Gasteiger partial charge in [0.25, 0.3) is 0 Å². The largest absolute Gasteiger partial charge is 0.507 e. The summed E-state index contributed by atoms with van der Waals surface area (Å²) >= 11 is 0. The SMILES string of the molecule is CC#CCN(C)S(=O)(=O)c1cc(C(=O)O)ccc1O. The van der Waals surface area contributed by atoms with Gasteiger partial charge >= 0.3 is 5.97 Å². The van der Waals surface area contributed by atoms with Crippen molar-refractivity contribution in [3.63, 3.8) is 0 Å². The summed E-state index contributed by atoms with van der Waals surface area (Å²) < 4.78 is 25.2. The highest BCUT2D eigenvalue weighted by molar-refractivity contribution is 7.89. The lowest BCUT2D eigenvalue weighted by molar-refractivity contribution is 0.0696. The number of sulfonamides is 1. The maximum atomic E-state index is 12.1. The van der Waals surface area contributed by atoms with Gasteiger partial charge in [-0.2, -0.15) is 4.31 Å². The summed E-state index contributed by atoms with van der Waals surface area (Å²) in [6, 6.07) is 3.08. The Morgan fingerprint density at radius 3 is 2.58 bits per heavy atom. The smallest absolute Gasteiger partial charge is 0.335 e. The van der Waals surface area contributed by atoms with Gasteiger partial charge in [-0.15, -0.1) is 5.92 Å². The number of hydrogen-bond donors (Lipinski definition) is 2. The average Bonchev–Trinajstić information content (AvgIpc) is 2.35. The third kappa shape index (κ3) is 3.24. The molecule has 0 aliphatic heterocycles. The van der Waals surface area contributed by atoms with Crippen LogP contribution in [-0.2, 0) is 10.0 Å². The minimum atomic E-state index is -3.98. The van der Waals surface area contributed by atoms with E-state index in [4.69, 9.17) is 5.11 Å². The Morgan fingerprint density at radius 2 is 2.05 bits per heavy atom. The van der Waals surface area contributed by atoms with Gasteiger partial charge < -0.3 is 10.2 Å². The molecule has 0 bridgehead atoms. The molecule has 0 saturated carbocycles. The highest BCUT2D eigenvalue weighted by Gasteiger charge is 2.24. The van der Waals surface area contributed by atoms with Crippen LogP contribution in [0.4, 0.5) is 0 Å². The first-order chi connectivity index (χ1) is 8.80. The van der Waals surface area contributed by atoms with Crippen LogP contribution in [0.1, 0.15) is 17.3 Å². The van der Waals surface area contributed by atoms with Crippen LogP contribution in [0.25, 0.3) is 0 Å².